The Labute approximate surface area is 204 Å². The van der Waals surface area contributed by atoms with Crippen LogP contribution in [-0.2, 0) is 16.6 Å². The summed E-state index contributed by atoms with van der Waals surface area (Å²) in [4.78, 5) is 17.4. The summed E-state index contributed by atoms with van der Waals surface area (Å²) in [6.45, 7) is 2.46. The fourth-order valence-electron chi connectivity index (χ4n) is 4.50. The monoisotopic (exact) mass is 498 g/mol. The summed E-state index contributed by atoms with van der Waals surface area (Å²) in [5.41, 5.74) is 0.818. The molecule has 4 rings (SSSR count). The van der Waals surface area contributed by atoms with Crippen LogP contribution < -0.4 is 10.0 Å². The van der Waals surface area contributed by atoms with Gasteiger partial charge in [-0.1, -0.05) is 31.9 Å². The SMILES string of the molecule is CC1CCCC(C=N)CC(NS(=O)(=O)c2ccc(CNC(=O)c3cc4ccncc4s3)cc2)C1. The molecule has 0 saturated heterocycles. The van der Waals surface area contributed by atoms with Crippen molar-refractivity contribution in [2.24, 2.45) is 11.8 Å². The third-order valence-corrected chi connectivity index (χ3v) is 8.96. The van der Waals surface area contributed by atoms with Gasteiger partial charge in [-0.15, -0.1) is 11.3 Å². The van der Waals surface area contributed by atoms with E-state index in [0.717, 1.165) is 41.3 Å². The van der Waals surface area contributed by atoms with Gasteiger partial charge in [0.2, 0.25) is 10.0 Å². The molecule has 1 fully saturated rings. The molecule has 7 nitrogen and oxygen atoms in total. The second-order valence-electron chi connectivity index (χ2n) is 9.10. The number of benzene rings is 1. The molecule has 34 heavy (non-hydrogen) atoms. The van der Waals surface area contributed by atoms with Crippen molar-refractivity contribution in [2.45, 2.75) is 56.5 Å². The number of sulfonamides is 1. The zero-order valence-electron chi connectivity index (χ0n) is 19.2. The Kier molecular flexibility index (Phi) is 7.75. The maximum atomic E-state index is 13.0. The fourth-order valence-corrected chi connectivity index (χ4v) is 6.71. The number of nitrogens with one attached hydrogen (secondary N) is 3. The van der Waals surface area contributed by atoms with E-state index in [1.54, 1.807) is 36.7 Å². The lowest BCUT2D eigenvalue weighted by atomic mass is 9.85. The van der Waals surface area contributed by atoms with Gasteiger partial charge < -0.3 is 10.7 Å². The molecule has 0 spiro atoms. The molecule has 180 valence electrons. The minimum Gasteiger partial charge on any atom is -0.347 e. The van der Waals surface area contributed by atoms with Gasteiger partial charge in [0.05, 0.1) is 14.5 Å². The number of thiophene rings is 1. The minimum atomic E-state index is -3.67. The van der Waals surface area contributed by atoms with Crippen LogP contribution in [0.5, 0.6) is 0 Å². The Balaban J connectivity index is 1.37. The maximum absolute atomic E-state index is 13.0. The topological polar surface area (TPSA) is 112 Å². The number of pyridine rings is 1. The number of amides is 1. The summed E-state index contributed by atoms with van der Waals surface area (Å²) in [5.74, 6) is 0.393. The Morgan fingerprint density at radius 2 is 2.00 bits per heavy atom. The van der Waals surface area contributed by atoms with Crippen molar-refractivity contribution in [3.8, 4) is 0 Å². The van der Waals surface area contributed by atoms with Gasteiger partial charge >= 0.3 is 0 Å². The molecule has 1 aliphatic rings. The van der Waals surface area contributed by atoms with Crippen LogP contribution in [0.25, 0.3) is 10.1 Å². The van der Waals surface area contributed by atoms with Crippen LogP contribution in [0.15, 0.2) is 53.7 Å². The van der Waals surface area contributed by atoms with E-state index in [4.69, 9.17) is 5.41 Å². The Hall–Kier alpha value is -2.62. The predicted octanol–water partition coefficient (Wildman–Crippen LogP) is 4.74. The van der Waals surface area contributed by atoms with Gasteiger partial charge in [0.25, 0.3) is 5.91 Å². The van der Waals surface area contributed by atoms with Crippen LogP contribution in [0.2, 0.25) is 0 Å². The van der Waals surface area contributed by atoms with Crippen molar-refractivity contribution in [1.29, 1.82) is 5.41 Å². The molecule has 0 radical (unpaired) electrons. The lowest BCUT2D eigenvalue weighted by molar-refractivity contribution is 0.0955. The van der Waals surface area contributed by atoms with E-state index in [2.05, 4.69) is 21.9 Å². The average molecular weight is 499 g/mol. The smallest absolute Gasteiger partial charge is 0.261 e. The van der Waals surface area contributed by atoms with Crippen molar-refractivity contribution in [1.82, 2.24) is 15.0 Å². The van der Waals surface area contributed by atoms with Crippen molar-refractivity contribution in [3.63, 3.8) is 0 Å². The summed E-state index contributed by atoms with van der Waals surface area (Å²) in [6.07, 6.45) is 9.41. The highest BCUT2D eigenvalue weighted by molar-refractivity contribution is 7.89. The first-order chi connectivity index (χ1) is 16.3. The lowest BCUT2D eigenvalue weighted by Crippen LogP contribution is -2.38. The predicted molar refractivity (Wildman–Crippen MR) is 136 cm³/mol. The van der Waals surface area contributed by atoms with Gasteiger partial charge in [-0.3, -0.25) is 9.78 Å². The molecule has 0 aliphatic heterocycles. The summed E-state index contributed by atoms with van der Waals surface area (Å²) >= 11 is 1.39. The first-order valence-corrected chi connectivity index (χ1v) is 13.9. The van der Waals surface area contributed by atoms with Crippen LogP contribution >= 0.6 is 11.3 Å². The van der Waals surface area contributed by atoms with E-state index in [-0.39, 0.29) is 22.8 Å². The molecule has 3 N–H and O–H groups in total. The Morgan fingerprint density at radius 3 is 2.74 bits per heavy atom. The highest BCUT2D eigenvalue weighted by Crippen LogP contribution is 2.27. The van der Waals surface area contributed by atoms with Crippen LogP contribution in [0.1, 0.15) is 54.3 Å². The van der Waals surface area contributed by atoms with Gasteiger partial charge in [0.1, 0.15) is 0 Å². The molecule has 0 bridgehead atoms. The molecule has 3 unspecified atom stereocenters. The molecule has 1 amide bonds. The fraction of sp³-hybridized carbons (Fsp3) is 0.400. The van der Waals surface area contributed by atoms with E-state index < -0.39 is 10.0 Å². The highest BCUT2D eigenvalue weighted by Gasteiger charge is 2.26. The van der Waals surface area contributed by atoms with Crippen molar-refractivity contribution >= 4 is 43.6 Å². The standard InChI is InChI=1S/C25H30N4O3S2/c1-17-3-2-4-19(14-26)12-21(11-17)29-34(31,32)22-7-5-18(6-8-22)15-28-25(30)23-13-20-9-10-27-16-24(20)33-23/h5-10,13-14,16-17,19,21,26,29H,2-4,11-12,15H2,1H3,(H,28,30). The second kappa shape index (κ2) is 10.8. The van der Waals surface area contributed by atoms with E-state index in [9.17, 15) is 13.2 Å². The third kappa shape index (κ3) is 6.08. The minimum absolute atomic E-state index is 0.114. The van der Waals surface area contributed by atoms with E-state index >= 15 is 0 Å². The van der Waals surface area contributed by atoms with Crippen molar-refractivity contribution < 1.29 is 13.2 Å². The van der Waals surface area contributed by atoms with Gasteiger partial charge in [-0.2, -0.15) is 0 Å². The van der Waals surface area contributed by atoms with Gasteiger partial charge in [0, 0.05) is 25.0 Å². The van der Waals surface area contributed by atoms with Gasteiger partial charge in [0.15, 0.2) is 0 Å². The molecule has 1 saturated carbocycles. The third-order valence-electron chi connectivity index (χ3n) is 6.34. The molecule has 2 heterocycles. The number of hydrogen-bond acceptors (Lipinski definition) is 6. The maximum Gasteiger partial charge on any atom is 0.261 e. The number of carbonyl (C=O) groups is 1. The van der Waals surface area contributed by atoms with E-state index in [1.807, 2.05) is 12.1 Å². The van der Waals surface area contributed by atoms with Crippen molar-refractivity contribution in [2.75, 3.05) is 0 Å². The van der Waals surface area contributed by atoms with Gasteiger partial charge in [-0.25, -0.2) is 13.1 Å². The zero-order valence-corrected chi connectivity index (χ0v) is 20.8. The largest absolute Gasteiger partial charge is 0.347 e. The van der Waals surface area contributed by atoms with Gasteiger partial charge in [-0.05, 0) is 72.5 Å². The summed E-state index contributed by atoms with van der Waals surface area (Å²) in [5, 5.41) is 11.5. The normalized spacial score (nSPS) is 21.5. The second-order valence-corrected chi connectivity index (χ2v) is 11.9. The number of nitrogens with zero attached hydrogens (tertiary/aromatic N) is 1. The van der Waals surface area contributed by atoms with Crippen LogP contribution in [0.4, 0.5) is 0 Å². The Bertz CT molecular complexity index is 1220. The first kappa shape index (κ1) is 24.5. The molecule has 2 aromatic heterocycles. The lowest BCUT2D eigenvalue weighted by Gasteiger charge is -2.28. The zero-order chi connectivity index (χ0) is 24.1. The van der Waals surface area contributed by atoms with E-state index in [0.29, 0.717) is 23.8 Å². The molecule has 3 aromatic rings. The molecular weight excluding hydrogens is 468 g/mol. The number of rotatable bonds is 7. The molecule has 1 aromatic carbocycles. The summed E-state index contributed by atoms with van der Waals surface area (Å²) in [7, 11) is -3.67. The average Bonchev–Trinajstić information content (AvgIpc) is 3.25. The number of aromatic nitrogens is 1. The first-order valence-electron chi connectivity index (χ1n) is 11.6. The van der Waals surface area contributed by atoms with E-state index in [1.165, 1.54) is 17.6 Å². The Morgan fingerprint density at radius 1 is 1.21 bits per heavy atom. The van der Waals surface area contributed by atoms with Crippen molar-refractivity contribution in [3.05, 3.63) is 59.2 Å². The quantitative estimate of drug-likeness (QED) is 0.409. The number of hydrogen-bond donors (Lipinski definition) is 3. The molecule has 3 atom stereocenters. The van der Waals surface area contributed by atoms with Crippen LogP contribution in [0, 0.1) is 17.2 Å². The van der Waals surface area contributed by atoms with Crippen LogP contribution in [0.3, 0.4) is 0 Å². The highest BCUT2D eigenvalue weighted by atomic mass is 32.2. The van der Waals surface area contributed by atoms with Crippen LogP contribution in [-0.4, -0.2) is 31.6 Å². The summed E-state index contributed by atoms with van der Waals surface area (Å²) < 4.78 is 29.8. The molecule has 1 aliphatic carbocycles. The molecular formula is C25H30N4O3S2. The molecule has 9 heteroatoms. The number of fused-ring (bicyclic) bond motifs is 1. The number of carbonyl (C=O) groups excluding carboxylic acids is 1. The summed E-state index contributed by atoms with van der Waals surface area (Å²) in [6, 6.07) is 10.2.